The van der Waals surface area contributed by atoms with Gasteiger partial charge in [0.2, 0.25) is 5.43 Å². The van der Waals surface area contributed by atoms with Crippen molar-refractivity contribution in [2.45, 2.75) is 12.5 Å². The lowest BCUT2D eigenvalue weighted by atomic mass is 10.0. The normalized spacial score (nSPS) is 12.0. The first-order valence-corrected chi connectivity index (χ1v) is 6.69. The predicted octanol–water partition coefficient (Wildman–Crippen LogP) is 2.70. The Bertz CT molecular complexity index is 862. The Hall–Kier alpha value is -2.93. The van der Waals surface area contributed by atoms with E-state index in [0.717, 1.165) is 11.1 Å². The molecule has 1 heterocycles. The molecule has 21 heavy (non-hydrogen) atoms. The van der Waals surface area contributed by atoms with Gasteiger partial charge in [0, 0.05) is 5.39 Å². The monoisotopic (exact) mass is 275 g/mol. The molecule has 1 aromatic heterocycles. The highest BCUT2D eigenvalue weighted by Crippen LogP contribution is 2.18. The average Bonchev–Trinajstić information content (AvgIpc) is 2.55. The minimum atomic E-state index is -0.301. The maximum absolute atomic E-state index is 11.8. The maximum atomic E-state index is 11.8. The Morgan fingerprint density at radius 1 is 1.10 bits per heavy atom. The number of nitriles is 1. The maximum Gasteiger partial charge on any atom is 0.207 e. The lowest BCUT2D eigenvalue weighted by Gasteiger charge is -2.13. The second-order valence-electron chi connectivity index (χ2n) is 4.80. The summed E-state index contributed by atoms with van der Waals surface area (Å²) in [5.41, 5.74) is 1.60. The van der Waals surface area contributed by atoms with Crippen molar-refractivity contribution in [3.8, 4) is 6.07 Å². The summed E-state index contributed by atoms with van der Waals surface area (Å²) in [5.74, 6) is -0.301. The first-order valence-electron chi connectivity index (χ1n) is 6.69. The number of benzene rings is 2. The first kappa shape index (κ1) is 13.1. The third-order valence-corrected chi connectivity index (χ3v) is 3.48. The summed E-state index contributed by atoms with van der Waals surface area (Å²) < 4.78 is 1.72. The molecular weight excluding hydrogens is 262 g/mol. The summed E-state index contributed by atoms with van der Waals surface area (Å²) in [5, 5.41) is 14.2. The second kappa shape index (κ2) is 5.59. The molecule has 0 amide bonds. The molecule has 0 saturated heterocycles. The SMILES string of the molecule is N#CC(Cn1ncc(=O)c2ccccc21)c1ccccc1. The number of rotatable bonds is 3. The van der Waals surface area contributed by atoms with Crippen LogP contribution in [0.4, 0.5) is 0 Å². The summed E-state index contributed by atoms with van der Waals surface area (Å²) in [6.45, 7) is 0.418. The number of nitrogens with zero attached hydrogens (tertiary/aromatic N) is 3. The molecule has 0 saturated carbocycles. The number of hydrogen-bond donors (Lipinski definition) is 0. The van der Waals surface area contributed by atoms with Crippen molar-refractivity contribution >= 4 is 10.9 Å². The van der Waals surface area contributed by atoms with Gasteiger partial charge in [0.05, 0.1) is 30.2 Å². The van der Waals surface area contributed by atoms with Crippen molar-refractivity contribution in [2.24, 2.45) is 0 Å². The first-order chi connectivity index (χ1) is 10.3. The van der Waals surface area contributed by atoms with Crippen molar-refractivity contribution in [2.75, 3.05) is 0 Å². The zero-order chi connectivity index (χ0) is 14.7. The van der Waals surface area contributed by atoms with Crippen molar-refractivity contribution in [3.05, 3.63) is 76.6 Å². The van der Waals surface area contributed by atoms with E-state index in [1.165, 1.54) is 6.20 Å². The van der Waals surface area contributed by atoms with Crippen LogP contribution in [0.5, 0.6) is 0 Å². The van der Waals surface area contributed by atoms with Crippen molar-refractivity contribution in [1.82, 2.24) is 9.78 Å². The van der Waals surface area contributed by atoms with Gasteiger partial charge >= 0.3 is 0 Å². The van der Waals surface area contributed by atoms with Crippen LogP contribution in [0.1, 0.15) is 11.5 Å². The molecule has 0 N–H and O–H groups in total. The quantitative estimate of drug-likeness (QED) is 0.738. The Morgan fingerprint density at radius 2 is 1.81 bits per heavy atom. The molecule has 0 spiro atoms. The predicted molar refractivity (Wildman–Crippen MR) is 80.8 cm³/mol. The second-order valence-corrected chi connectivity index (χ2v) is 4.80. The lowest BCUT2D eigenvalue weighted by Crippen LogP contribution is -2.16. The van der Waals surface area contributed by atoms with E-state index in [0.29, 0.717) is 11.9 Å². The molecule has 1 unspecified atom stereocenters. The highest BCUT2D eigenvalue weighted by Gasteiger charge is 2.13. The summed E-state index contributed by atoms with van der Waals surface area (Å²) in [4.78, 5) is 11.8. The lowest BCUT2D eigenvalue weighted by molar-refractivity contribution is 0.587. The van der Waals surface area contributed by atoms with Crippen LogP contribution < -0.4 is 5.43 Å². The summed E-state index contributed by atoms with van der Waals surface area (Å²) in [6.07, 6.45) is 1.31. The summed E-state index contributed by atoms with van der Waals surface area (Å²) in [7, 11) is 0. The van der Waals surface area contributed by atoms with E-state index in [2.05, 4.69) is 11.2 Å². The van der Waals surface area contributed by atoms with E-state index in [1.54, 1.807) is 10.7 Å². The third kappa shape index (κ3) is 2.54. The largest absolute Gasteiger partial charge is 0.287 e. The molecule has 0 aliphatic carbocycles. The number of hydrogen-bond acceptors (Lipinski definition) is 3. The standard InChI is InChI=1S/C17H13N3O/c18-10-14(13-6-2-1-3-7-13)12-20-16-9-5-4-8-15(16)17(21)11-19-20/h1-9,11,14H,12H2. The smallest absolute Gasteiger partial charge is 0.207 e. The van der Waals surface area contributed by atoms with Crippen LogP contribution in [-0.4, -0.2) is 9.78 Å². The van der Waals surface area contributed by atoms with E-state index in [-0.39, 0.29) is 11.3 Å². The van der Waals surface area contributed by atoms with Crippen molar-refractivity contribution < 1.29 is 0 Å². The van der Waals surface area contributed by atoms with Gasteiger partial charge in [-0.3, -0.25) is 9.48 Å². The van der Waals surface area contributed by atoms with Crippen LogP contribution in [-0.2, 0) is 6.54 Å². The molecule has 3 rings (SSSR count). The molecule has 0 fully saturated rings. The minimum absolute atomic E-state index is 0.102. The summed E-state index contributed by atoms with van der Waals surface area (Å²) in [6, 6.07) is 19.2. The fourth-order valence-electron chi connectivity index (χ4n) is 2.39. The number of aromatic nitrogens is 2. The molecule has 0 aliphatic rings. The van der Waals surface area contributed by atoms with E-state index in [4.69, 9.17) is 0 Å². The van der Waals surface area contributed by atoms with Gasteiger partial charge in [0.25, 0.3) is 0 Å². The molecule has 3 aromatic rings. The molecule has 0 aliphatic heterocycles. The molecule has 102 valence electrons. The molecule has 0 radical (unpaired) electrons. The average molecular weight is 275 g/mol. The van der Waals surface area contributed by atoms with Gasteiger partial charge in [-0.05, 0) is 17.7 Å². The van der Waals surface area contributed by atoms with Crippen molar-refractivity contribution in [1.29, 1.82) is 5.26 Å². The van der Waals surface area contributed by atoms with Crippen LogP contribution in [0.2, 0.25) is 0 Å². The van der Waals surface area contributed by atoms with Gasteiger partial charge in [-0.25, -0.2) is 0 Å². The van der Waals surface area contributed by atoms with Crippen LogP contribution in [0.3, 0.4) is 0 Å². The van der Waals surface area contributed by atoms with Gasteiger partial charge in [-0.1, -0.05) is 42.5 Å². The topological polar surface area (TPSA) is 58.7 Å². The van der Waals surface area contributed by atoms with Gasteiger partial charge in [-0.2, -0.15) is 10.4 Å². The van der Waals surface area contributed by atoms with Crippen LogP contribution in [0.25, 0.3) is 10.9 Å². The van der Waals surface area contributed by atoms with E-state index < -0.39 is 0 Å². The molecule has 2 aromatic carbocycles. The minimum Gasteiger partial charge on any atom is -0.287 e. The fourth-order valence-corrected chi connectivity index (χ4v) is 2.39. The Labute approximate surface area is 121 Å². The van der Waals surface area contributed by atoms with Crippen LogP contribution in [0, 0.1) is 11.3 Å². The molecule has 1 atom stereocenters. The van der Waals surface area contributed by atoms with E-state index in [1.807, 2.05) is 48.5 Å². The molecule has 0 bridgehead atoms. The Balaban J connectivity index is 2.04. The van der Waals surface area contributed by atoms with E-state index in [9.17, 15) is 10.1 Å². The van der Waals surface area contributed by atoms with Gasteiger partial charge in [0.1, 0.15) is 0 Å². The fraction of sp³-hybridized carbons (Fsp3) is 0.118. The van der Waals surface area contributed by atoms with Gasteiger partial charge in [0.15, 0.2) is 0 Å². The van der Waals surface area contributed by atoms with E-state index >= 15 is 0 Å². The zero-order valence-electron chi connectivity index (χ0n) is 11.3. The van der Waals surface area contributed by atoms with Crippen molar-refractivity contribution in [3.63, 3.8) is 0 Å². The van der Waals surface area contributed by atoms with Gasteiger partial charge in [-0.15, -0.1) is 0 Å². The highest BCUT2D eigenvalue weighted by atomic mass is 16.1. The highest BCUT2D eigenvalue weighted by molar-refractivity contribution is 5.77. The third-order valence-electron chi connectivity index (χ3n) is 3.48. The van der Waals surface area contributed by atoms with Crippen LogP contribution >= 0.6 is 0 Å². The molecular formula is C17H13N3O. The Kier molecular flexibility index (Phi) is 3.48. The zero-order valence-corrected chi connectivity index (χ0v) is 11.3. The van der Waals surface area contributed by atoms with Gasteiger partial charge < -0.3 is 0 Å². The Morgan fingerprint density at radius 3 is 2.57 bits per heavy atom. The number of para-hydroxylation sites is 1. The summed E-state index contributed by atoms with van der Waals surface area (Å²) >= 11 is 0. The molecule has 4 heteroatoms. The number of fused-ring (bicyclic) bond motifs is 1. The van der Waals surface area contributed by atoms with Crippen LogP contribution in [0.15, 0.2) is 65.6 Å². The molecule has 4 nitrogen and oxygen atoms in total.